The number of rotatable bonds is 5. The van der Waals surface area contributed by atoms with E-state index in [2.05, 4.69) is 16.8 Å². The van der Waals surface area contributed by atoms with Crippen LogP contribution in [0.3, 0.4) is 0 Å². The zero-order valence-corrected chi connectivity index (χ0v) is 12.3. The summed E-state index contributed by atoms with van der Waals surface area (Å²) in [5.74, 6) is 5.05. The van der Waals surface area contributed by atoms with Crippen molar-refractivity contribution < 1.29 is 18.6 Å². The normalized spacial score (nSPS) is 11.5. The van der Waals surface area contributed by atoms with E-state index in [1.807, 2.05) is 0 Å². The van der Waals surface area contributed by atoms with Crippen LogP contribution in [-0.2, 0) is 10.0 Å². The van der Waals surface area contributed by atoms with Crippen molar-refractivity contribution in [1.29, 1.82) is 0 Å². The van der Waals surface area contributed by atoms with Crippen molar-refractivity contribution in [1.82, 2.24) is 9.29 Å². The van der Waals surface area contributed by atoms with E-state index in [1.165, 1.54) is 22.8 Å². The van der Waals surface area contributed by atoms with Gasteiger partial charge in [0.25, 0.3) is 0 Å². The van der Waals surface area contributed by atoms with Crippen LogP contribution in [0.25, 0.3) is 0 Å². The van der Waals surface area contributed by atoms with Crippen LogP contribution < -0.4 is 0 Å². The highest BCUT2D eigenvalue weighted by molar-refractivity contribution is 7.89. The average molecular weight is 298 g/mol. The zero-order valence-electron chi connectivity index (χ0n) is 11.4. The Morgan fingerprint density at radius 2 is 2.05 bits per heavy atom. The molecule has 0 saturated carbocycles. The summed E-state index contributed by atoms with van der Waals surface area (Å²) in [5, 5.41) is 17.6. The third kappa shape index (κ3) is 4.02. The Balaban J connectivity index is 3.20. The van der Waals surface area contributed by atoms with E-state index in [1.54, 1.807) is 13.8 Å². The lowest BCUT2D eigenvalue weighted by atomic mass is 10.3. The maximum atomic E-state index is 12.5. The Hall–Kier alpha value is -1.46. The number of hydrogen-bond donors (Lipinski definition) is 2. The van der Waals surface area contributed by atoms with Crippen molar-refractivity contribution in [3.63, 3.8) is 0 Å². The molecule has 20 heavy (non-hydrogen) atoms. The highest BCUT2D eigenvalue weighted by atomic mass is 32.2. The molecule has 0 bridgehead atoms. The lowest BCUT2D eigenvalue weighted by Gasteiger charge is -2.24. The molecule has 0 amide bonds. The van der Waals surface area contributed by atoms with Crippen LogP contribution in [0.4, 0.5) is 0 Å². The Morgan fingerprint density at radius 1 is 1.35 bits per heavy atom. The molecule has 1 heterocycles. The van der Waals surface area contributed by atoms with Crippen LogP contribution >= 0.6 is 0 Å². The summed E-state index contributed by atoms with van der Waals surface area (Å²) in [6.45, 7) is 2.92. The van der Waals surface area contributed by atoms with E-state index in [-0.39, 0.29) is 30.7 Å². The highest BCUT2D eigenvalue weighted by Crippen LogP contribution is 2.17. The summed E-state index contributed by atoms with van der Waals surface area (Å²) in [6, 6.07) is 1.12. The van der Waals surface area contributed by atoms with Crippen molar-refractivity contribution >= 4 is 10.0 Å². The number of aliphatic hydroxyl groups excluding tert-OH is 2. The first-order valence-electron chi connectivity index (χ1n) is 6.11. The van der Waals surface area contributed by atoms with E-state index in [4.69, 9.17) is 10.2 Å². The SMILES string of the molecule is CC(C)N(CCO)S(=O)(=O)c1cncc(C#CCO)c1. The smallest absolute Gasteiger partial charge is 0.244 e. The van der Waals surface area contributed by atoms with Crippen LogP contribution in [-0.4, -0.2) is 53.7 Å². The van der Waals surface area contributed by atoms with E-state index >= 15 is 0 Å². The molecule has 1 rings (SSSR count). The minimum Gasteiger partial charge on any atom is -0.395 e. The maximum absolute atomic E-state index is 12.5. The summed E-state index contributed by atoms with van der Waals surface area (Å²) in [5.41, 5.74) is 0.410. The molecule has 0 saturated heterocycles. The fraction of sp³-hybridized carbons (Fsp3) is 0.462. The van der Waals surface area contributed by atoms with Gasteiger partial charge in [-0.3, -0.25) is 4.98 Å². The Kier molecular flexibility index (Phi) is 6.10. The number of pyridine rings is 1. The van der Waals surface area contributed by atoms with Crippen LogP contribution in [0.5, 0.6) is 0 Å². The summed E-state index contributed by atoms with van der Waals surface area (Å²) in [7, 11) is -3.73. The number of aromatic nitrogens is 1. The van der Waals surface area contributed by atoms with Gasteiger partial charge in [-0.15, -0.1) is 0 Å². The van der Waals surface area contributed by atoms with Gasteiger partial charge in [0.15, 0.2) is 0 Å². The third-order valence-corrected chi connectivity index (χ3v) is 4.57. The second-order valence-electron chi connectivity index (χ2n) is 4.30. The van der Waals surface area contributed by atoms with Crippen LogP contribution in [0.15, 0.2) is 23.4 Å². The lowest BCUT2D eigenvalue weighted by Crippen LogP contribution is -2.39. The first kappa shape index (κ1) is 16.6. The van der Waals surface area contributed by atoms with Gasteiger partial charge in [-0.05, 0) is 19.9 Å². The summed E-state index contributed by atoms with van der Waals surface area (Å²) >= 11 is 0. The molecule has 0 aliphatic carbocycles. The number of sulfonamides is 1. The van der Waals surface area contributed by atoms with Gasteiger partial charge in [-0.1, -0.05) is 11.8 Å². The van der Waals surface area contributed by atoms with Crippen molar-refractivity contribution in [2.45, 2.75) is 24.8 Å². The van der Waals surface area contributed by atoms with Crippen LogP contribution in [0, 0.1) is 11.8 Å². The van der Waals surface area contributed by atoms with Gasteiger partial charge in [0, 0.05) is 30.5 Å². The van der Waals surface area contributed by atoms with Crippen molar-refractivity contribution in [3.05, 3.63) is 24.0 Å². The molecule has 1 aromatic heterocycles. The van der Waals surface area contributed by atoms with E-state index < -0.39 is 10.0 Å². The van der Waals surface area contributed by atoms with Gasteiger partial charge in [-0.2, -0.15) is 4.31 Å². The van der Waals surface area contributed by atoms with E-state index in [0.29, 0.717) is 5.56 Å². The second kappa shape index (κ2) is 7.36. The molecule has 2 N–H and O–H groups in total. The Labute approximate surface area is 119 Å². The molecule has 0 fully saturated rings. The number of hydrogen-bond acceptors (Lipinski definition) is 5. The van der Waals surface area contributed by atoms with Crippen LogP contribution in [0.1, 0.15) is 19.4 Å². The van der Waals surface area contributed by atoms with Crippen molar-refractivity contribution in [2.24, 2.45) is 0 Å². The number of nitrogens with zero attached hydrogens (tertiary/aromatic N) is 2. The first-order valence-corrected chi connectivity index (χ1v) is 7.55. The second-order valence-corrected chi connectivity index (χ2v) is 6.19. The monoisotopic (exact) mass is 298 g/mol. The standard InChI is InChI=1S/C13H18N2O4S/c1-11(2)15(5-7-17)20(18,19)13-8-12(4-3-6-16)9-14-10-13/h8-11,16-17H,5-7H2,1-2H3. The number of aliphatic hydroxyl groups is 2. The first-order chi connectivity index (χ1) is 9.43. The fourth-order valence-electron chi connectivity index (χ4n) is 1.66. The molecule has 0 aromatic carbocycles. The average Bonchev–Trinajstić information content (AvgIpc) is 2.42. The van der Waals surface area contributed by atoms with E-state index in [9.17, 15) is 8.42 Å². The summed E-state index contributed by atoms with van der Waals surface area (Å²) in [6.07, 6.45) is 2.67. The molecule has 110 valence electrons. The largest absolute Gasteiger partial charge is 0.395 e. The van der Waals surface area contributed by atoms with Gasteiger partial charge >= 0.3 is 0 Å². The fourth-order valence-corrected chi connectivity index (χ4v) is 3.28. The minimum atomic E-state index is -3.73. The Bertz CT molecular complexity index is 602. The molecule has 0 radical (unpaired) electrons. The molecule has 1 aromatic rings. The summed E-state index contributed by atoms with van der Waals surface area (Å²) < 4.78 is 26.1. The quantitative estimate of drug-likeness (QED) is 0.736. The van der Waals surface area contributed by atoms with Gasteiger partial charge in [-0.25, -0.2) is 8.42 Å². The minimum absolute atomic E-state index is 0.0180. The zero-order chi connectivity index (χ0) is 15.2. The lowest BCUT2D eigenvalue weighted by molar-refractivity contribution is 0.236. The predicted octanol–water partition coefficient (Wildman–Crippen LogP) is -0.183. The predicted molar refractivity (Wildman–Crippen MR) is 74.3 cm³/mol. The molecule has 7 heteroatoms. The molecule has 6 nitrogen and oxygen atoms in total. The molecule has 0 aliphatic rings. The van der Waals surface area contributed by atoms with Gasteiger partial charge in [0.05, 0.1) is 6.61 Å². The highest BCUT2D eigenvalue weighted by Gasteiger charge is 2.26. The van der Waals surface area contributed by atoms with Crippen molar-refractivity contribution in [3.8, 4) is 11.8 Å². The Morgan fingerprint density at radius 3 is 2.60 bits per heavy atom. The maximum Gasteiger partial charge on any atom is 0.244 e. The van der Waals surface area contributed by atoms with Gasteiger partial charge in [0.2, 0.25) is 10.0 Å². The molecule has 0 atom stereocenters. The third-order valence-electron chi connectivity index (χ3n) is 2.53. The van der Waals surface area contributed by atoms with Gasteiger partial charge in [0.1, 0.15) is 11.5 Å². The molecular weight excluding hydrogens is 280 g/mol. The molecular formula is C13H18N2O4S. The molecule has 0 aliphatic heterocycles. The molecule has 0 spiro atoms. The summed E-state index contributed by atoms with van der Waals surface area (Å²) in [4.78, 5) is 3.87. The van der Waals surface area contributed by atoms with Gasteiger partial charge < -0.3 is 10.2 Å². The molecule has 0 unspecified atom stereocenters. The van der Waals surface area contributed by atoms with Crippen molar-refractivity contribution in [2.75, 3.05) is 19.8 Å². The topological polar surface area (TPSA) is 90.7 Å². The van der Waals surface area contributed by atoms with E-state index in [0.717, 1.165) is 0 Å². The van der Waals surface area contributed by atoms with Crippen LogP contribution in [0.2, 0.25) is 0 Å².